The molecule has 0 heterocycles. The number of carbonyl (C=O) groups excluding carboxylic acids is 1. The van der Waals surface area contributed by atoms with Gasteiger partial charge in [-0.3, -0.25) is 10.1 Å². The first-order valence-electron chi connectivity index (χ1n) is 5.28. The third-order valence-corrected chi connectivity index (χ3v) is 2.57. The first-order valence-corrected chi connectivity index (χ1v) is 5.66. The SMILES string of the molecule is O=C(Oc1cccc([N+](=O)[O-])c1)c1ccc(Cl)cc1. The predicted octanol–water partition coefficient (Wildman–Crippen LogP) is 3.47. The van der Waals surface area contributed by atoms with Crippen LogP contribution in [0.2, 0.25) is 5.02 Å². The van der Waals surface area contributed by atoms with E-state index in [9.17, 15) is 14.9 Å². The molecule has 0 radical (unpaired) electrons. The number of rotatable bonds is 3. The normalized spacial score (nSPS) is 9.95. The van der Waals surface area contributed by atoms with Crippen LogP contribution >= 0.6 is 11.6 Å². The molecule has 2 aromatic rings. The quantitative estimate of drug-likeness (QED) is 0.373. The fraction of sp³-hybridized carbons (Fsp3) is 0. The van der Waals surface area contributed by atoms with E-state index in [0.717, 1.165) is 0 Å². The standard InChI is InChI=1S/C13H8ClNO4/c14-10-6-4-9(5-7-10)13(16)19-12-3-1-2-11(8-12)15(17)18/h1-8H. The van der Waals surface area contributed by atoms with Crippen molar-refractivity contribution in [1.29, 1.82) is 0 Å². The number of non-ortho nitro benzene ring substituents is 1. The van der Waals surface area contributed by atoms with Crippen molar-refractivity contribution in [3.63, 3.8) is 0 Å². The van der Waals surface area contributed by atoms with Gasteiger partial charge in [-0.2, -0.15) is 0 Å². The van der Waals surface area contributed by atoms with Gasteiger partial charge in [0.15, 0.2) is 0 Å². The number of nitro groups is 1. The Hall–Kier alpha value is -2.40. The Labute approximate surface area is 113 Å². The fourth-order valence-electron chi connectivity index (χ4n) is 1.41. The lowest BCUT2D eigenvalue weighted by atomic mass is 10.2. The summed E-state index contributed by atoms with van der Waals surface area (Å²) in [5.41, 5.74) is 0.178. The molecule has 0 unspecified atom stereocenters. The third kappa shape index (κ3) is 3.29. The summed E-state index contributed by atoms with van der Waals surface area (Å²) in [5, 5.41) is 11.1. The average molecular weight is 278 g/mol. The zero-order chi connectivity index (χ0) is 13.8. The summed E-state index contributed by atoms with van der Waals surface area (Å²) in [5.74, 6) is -0.480. The van der Waals surface area contributed by atoms with Gasteiger partial charge < -0.3 is 4.74 Å². The van der Waals surface area contributed by atoms with Crippen molar-refractivity contribution in [2.75, 3.05) is 0 Å². The van der Waals surface area contributed by atoms with Gasteiger partial charge in [-0.1, -0.05) is 17.7 Å². The van der Waals surface area contributed by atoms with Crippen LogP contribution in [0.15, 0.2) is 48.5 Å². The monoisotopic (exact) mass is 277 g/mol. The smallest absolute Gasteiger partial charge is 0.343 e. The van der Waals surface area contributed by atoms with Crippen LogP contribution < -0.4 is 4.74 Å². The molecule has 0 aliphatic rings. The maximum Gasteiger partial charge on any atom is 0.343 e. The van der Waals surface area contributed by atoms with Crippen molar-refractivity contribution in [2.24, 2.45) is 0 Å². The van der Waals surface area contributed by atoms with Gasteiger partial charge in [0.1, 0.15) is 5.75 Å². The number of nitro benzene ring substituents is 1. The molecule has 0 atom stereocenters. The molecule has 0 bridgehead atoms. The number of halogens is 1. The number of benzene rings is 2. The van der Waals surface area contributed by atoms with Crippen LogP contribution in [-0.2, 0) is 0 Å². The average Bonchev–Trinajstić information content (AvgIpc) is 2.39. The number of esters is 1. The van der Waals surface area contributed by atoms with Crippen molar-refractivity contribution in [2.45, 2.75) is 0 Å². The minimum atomic E-state index is -0.600. The van der Waals surface area contributed by atoms with Gasteiger partial charge in [0, 0.05) is 11.1 Å². The molecule has 0 amide bonds. The lowest BCUT2D eigenvalue weighted by molar-refractivity contribution is -0.384. The van der Waals surface area contributed by atoms with E-state index in [4.69, 9.17) is 16.3 Å². The summed E-state index contributed by atoms with van der Waals surface area (Å²) >= 11 is 5.71. The molecule has 0 aromatic heterocycles. The fourth-order valence-corrected chi connectivity index (χ4v) is 1.54. The zero-order valence-electron chi connectivity index (χ0n) is 9.58. The second kappa shape index (κ2) is 5.49. The summed E-state index contributed by atoms with van der Waals surface area (Å²) in [7, 11) is 0. The van der Waals surface area contributed by atoms with Gasteiger partial charge in [0.2, 0.25) is 0 Å². The molecule has 96 valence electrons. The van der Waals surface area contributed by atoms with Crippen LogP contribution in [0.3, 0.4) is 0 Å². The topological polar surface area (TPSA) is 69.4 Å². The molecule has 19 heavy (non-hydrogen) atoms. The first kappa shape index (κ1) is 13.0. The Morgan fingerprint density at radius 2 is 1.84 bits per heavy atom. The summed E-state index contributed by atoms with van der Waals surface area (Å²) in [6, 6.07) is 11.6. The van der Waals surface area contributed by atoms with E-state index >= 15 is 0 Å². The van der Waals surface area contributed by atoms with Crippen molar-refractivity contribution in [1.82, 2.24) is 0 Å². The van der Waals surface area contributed by atoms with E-state index in [2.05, 4.69) is 0 Å². The van der Waals surface area contributed by atoms with Crippen LogP contribution in [0.1, 0.15) is 10.4 Å². The van der Waals surface area contributed by atoms with Gasteiger partial charge in [-0.15, -0.1) is 0 Å². The minimum absolute atomic E-state index is 0.120. The predicted molar refractivity (Wildman–Crippen MR) is 69.5 cm³/mol. The number of hydrogen-bond donors (Lipinski definition) is 0. The molecule has 6 heteroatoms. The Kier molecular flexibility index (Phi) is 3.77. The van der Waals surface area contributed by atoms with E-state index in [1.54, 1.807) is 12.1 Å². The van der Waals surface area contributed by atoms with E-state index in [0.29, 0.717) is 10.6 Å². The summed E-state index contributed by atoms with van der Waals surface area (Å²) < 4.78 is 5.04. The lowest BCUT2D eigenvalue weighted by Gasteiger charge is -2.04. The zero-order valence-corrected chi connectivity index (χ0v) is 10.3. The maximum absolute atomic E-state index is 11.8. The van der Waals surface area contributed by atoms with Gasteiger partial charge in [-0.25, -0.2) is 4.79 Å². The molecule has 0 aliphatic carbocycles. The van der Waals surface area contributed by atoms with Crippen LogP contribution in [-0.4, -0.2) is 10.9 Å². The summed E-state index contributed by atoms with van der Waals surface area (Å²) in [6.07, 6.45) is 0. The summed E-state index contributed by atoms with van der Waals surface area (Å²) in [6.45, 7) is 0. The van der Waals surface area contributed by atoms with E-state index in [1.165, 1.54) is 36.4 Å². The molecule has 0 spiro atoms. The molecular weight excluding hydrogens is 270 g/mol. The second-order valence-corrected chi connectivity index (χ2v) is 4.09. The van der Waals surface area contributed by atoms with Crippen molar-refractivity contribution in [3.8, 4) is 5.75 Å². The summed E-state index contributed by atoms with van der Waals surface area (Å²) in [4.78, 5) is 21.8. The number of ether oxygens (including phenoxy) is 1. The highest BCUT2D eigenvalue weighted by Gasteiger charge is 2.11. The molecule has 2 rings (SSSR count). The Bertz CT molecular complexity index is 625. The second-order valence-electron chi connectivity index (χ2n) is 3.65. The molecular formula is C13H8ClNO4. The van der Waals surface area contributed by atoms with Crippen molar-refractivity contribution in [3.05, 3.63) is 69.2 Å². The van der Waals surface area contributed by atoms with E-state index in [1.807, 2.05) is 0 Å². The Morgan fingerprint density at radius 3 is 2.47 bits per heavy atom. The van der Waals surface area contributed by atoms with Crippen LogP contribution in [0.4, 0.5) is 5.69 Å². The number of hydrogen-bond acceptors (Lipinski definition) is 4. The third-order valence-electron chi connectivity index (χ3n) is 2.32. The highest BCUT2D eigenvalue weighted by Crippen LogP contribution is 2.20. The van der Waals surface area contributed by atoms with Gasteiger partial charge in [0.25, 0.3) is 5.69 Å². The molecule has 0 saturated carbocycles. The molecule has 5 nitrogen and oxygen atoms in total. The van der Waals surface area contributed by atoms with Gasteiger partial charge >= 0.3 is 5.97 Å². The minimum Gasteiger partial charge on any atom is -0.423 e. The van der Waals surface area contributed by atoms with Gasteiger partial charge in [-0.05, 0) is 30.3 Å². The highest BCUT2D eigenvalue weighted by molar-refractivity contribution is 6.30. The van der Waals surface area contributed by atoms with Crippen LogP contribution in [0.5, 0.6) is 5.75 Å². The van der Waals surface area contributed by atoms with Crippen molar-refractivity contribution >= 4 is 23.3 Å². The Morgan fingerprint density at radius 1 is 1.16 bits per heavy atom. The van der Waals surface area contributed by atoms with E-state index < -0.39 is 10.9 Å². The Balaban J connectivity index is 2.17. The van der Waals surface area contributed by atoms with E-state index in [-0.39, 0.29) is 11.4 Å². The highest BCUT2D eigenvalue weighted by atomic mass is 35.5. The van der Waals surface area contributed by atoms with Crippen LogP contribution in [0.25, 0.3) is 0 Å². The lowest BCUT2D eigenvalue weighted by Crippen LogP contribution is -2.08. The first-order chi connectivity index (χ1) is 9.06. The molecule has 0 saturated heterocycles. The number of carbonyl (C=O) groups is 1. The molecule has 0 fully saturated rings. The van der Waals surface area contributed by atoms with Crippen molar-refractivity contribution < 1.29 is 14.5 Å². The number of nitrogens with zero attached hydrogens (tertiary/aromatic N) is 1. The molecule has 0 aliphatic heterocycles. The molecule has 0 N–H and O–H groups in total. The molecule has 2 aromatic carbocycles. The van der Waals surface area contributed by atoms with Gasteiger partial charge in [0.05, 0.1) is 16.6 Å². The largest absolute Gasteiger partial charge is 0.423 e. The van der Waals surface area contributed by atoms with Crippen LogP contribution in [0, 0.1) is 10.1 Å². The maximum atomic E-state index is 11.8.